The van der Waals surface area contributed by atoms with E-state index in [2.05, 4.69) is 0 Å². The van der Waals surface area contributed by atoms with Gasteiger partial charge in [0.05, 0.1) is 11.3 Å². The third kappa shape index (κ3) is 1.24. The van der Waals surface area contributed by atoms with Crippen molar-refractivity contribution in [2.24, 2.45) is 0 Å². The zero-order chi connectivity index (χ0) is 14.1. The fourth-order valence-electron chi connectivity index (χ4n) is 3.17. The van der Waals surface area contributed by atoms with Crippen molar-refractivity contribution in [1.29, 1.82) is 0 Å². The van der Waals surface area contributed by atoms with Gasteiger partial charge in [0.15, 0.2) is 11.5 Å². The minimum atomic E-state index is -0.231. The smallest absolute Gasteiger partial charge is 0.273 e. The summed E-state index contributed by atoms with van der Waals surface area (Å²) in [6.45, 7) is 0.172. The Bertz CT molecular complexity index is 967. The Kier molecular flexibility index (Phi) is 1.92. The van der Waals surface area contributed by atoms with Gasteiger partial charge in [0, 0.05) is 22.5 Å². The Morgan fingerprint density at radius 1 is 1.10 bits per heavy atom. The van der Waals surface area contributed by atoms with Gasteiger partial charge in [0.2, 0.25) is 6.79 Å². The summed E-state index contributed by atoms with van der Waals surface area (Å²) < 4.78 is 12.3. The summed E-state index contributed by atoms with van der Waals surface area (Å²) in [5, 5.41) is 3.76. The number of ether oxygens (including phenoxy) is 2. The fraction of sp³-hybridized carbons (Fsp3) is 0.0625. The number of carbonyl (C=O) groups excluding carboxylic acids is 1. The lowest BCUT2D eigenvalue weighted by atomic mass is 9.97. The van der Waals surface area contributed by atoms with E-state index < -0.39 is 0 Å². The summed E-state index contributed by atoms with van der Waals surface area (Å²) in [5.74, 6) is 1.05. The molecule has 3 aromatic carbocycles. The summed E-state index contributed by atoms with van der Waals surface area (Å²) >= 11 is 6.17. The molecule has 21 heavy (non-hydrogen) atoms. The maximum absolute atomic E-state index is 12.4. The van der Waals surface area contributed by atoms with E-state index in [0.29, 0.717) is 22.7 Å². The van der Waals surface area contributed by atoms with Gasteiger partial charge in [-0.2, -0.15) is 0 Å². The highest BCUT2D eigenvalue weighted by Crippen LogP contribution is 2.51. The molecule has 0 saturated heterocycles. The summed E-state index contributed by atoms with van der Waals surface area (Å²) in [6, 6.07) is 11.6. The van der Waals surface area contributed by atoms with Crippen molar-refractivity contribution in [3.8, 4) is 11.5 Å². The lowest BCUT2D eigenvalue weighted by Crippen LogP contribution is -2.14. The van der Waals surface area contributed by atoms with Gasteiger partial charge in [-0.3, -0.25) is 4.79 Å². The quantitative estimate of drug-likeness (QED) is 0.467. The third-order valence-corrected chi connectivity index (χ3v) is 4.40. The standard InChI is InChI=1S/C16H8ClNO3/c17-18-11-5-8-3-1-2-4-9(8)14-13(11)10(16(18)19)6-12-15(14)21-7-20-12/h1-6H,7H2. The molecule has 2 aliphatic heterocycles. The van der Waals surface area contributed by atoms with Crippen LogP contribution in [0.1, 0.15) is 10.4 Å². The van der Waals surface area contributed by atoms with Crippen molar-refractivity contribution in [3.63, 3.8) is 0 Å². The Morgan fingerprint density at radius 2 is 1.95 bits per heavy atom. The topological polar surface area (TPSA) is 38.8 Å². The monoisotopic (exact) mass is 297 g/mol. The molecule has 0 fully saturated rings. The van der Waals surface area contributed by atoms with Crippen LogP contribution < -0.4 is 13.9 Å². The molecule has 0 spiro atoms. The molecule has 3 aromatic rings. The van der Waals surface area contributed by atoms with E-state index in [9.17, 15) is 4.79 Å². The first-order valence-electron chi connectivity index (χ1n) is 6.54. The number of rotatable bonds is 0. The van der Waals surface area contributed by atoms with Crippen LogP contribution in [0.25, 0.3) is 21.5 Å². The largest absolute Gasteiger partial charge is 0.454 e. The summed E-state index contributed by atoms with van der Waals surface area (Å²) in [4.78, 5) is 12.4. The van der Waals surface area contributed by atoms with E-state index in [0.717, 1.165) is 21.5 Å². The molecule has 0 N–H and O–H groups in total. The normalized spacial score (nSPS) is 15.5. The molecule has 102 valence electrons. The van der Waals surface area contributed by atoms with E-state index in [1.807, 2.05) is 30.3 Å². The molecule has 5 rings (SSSR count). The van der Waals surface area contributed by atoms with Crippen LogP contribution in [0.3, 0.4) is 0 Å². The second-order valence-corrected chi connectivity index (χ2v) is 5.45. The lowest BCUT2D eigenvalue weighted by molar-refractivity contribution is 0.101. The van der Waals surface area contributed by atoms with E-state index in [1.165, 1.54) is 4.42 Å². The van der Waals surface area contributed by atoms with Crippen LogP contribution in [0.4, 0.5) is 5.69 Å². The molecular formula is C16H8ClNO3. The van der Waals surface area contributed by atoms with Crippen molar-refractivity contribution >= 4 is 44.9 Å². The highest BCUT2D eigenvalue weighted by molar-refractivity contribution is 6.47. The Balaban J connectivity index is 2.12. The van der Waals surface area contributed by atoms with Crippen molar-refractivity contribution in [2.75, 3.05) is 11.2 Å². The van der Waals surface area contributed by atoms with E-state index in [-0.39, 0.29) is 12.7 Å². The highest BCUT2D eigenvalue weighted by Gasteiger charge is 2.34. The van der Waals surface area contributed by atoms with Gasteiger partial charge < -0.3 is 9.47 Å². The molecule has 0 atom stereocenters. The summed E-state index contributed by atoms with van der Waals surface area (Å²) in [5.41, 5.74) is 1.26. The first-order chi connectivity index (χ1) is 10.3. The minimum Gasteiger partial charge on any atom is -0.454 e. The van der Waals surface area contributed by atoms with Gasteiger partial charge in [0.25, 0.3) is 5.91 Å². The molecule has 0 unspecified atom stereocenters. The fourth-order valence-corrected chi connectivity index (χ4v) is 3.40. The second kappa shape index (κ2) is 3.59. The van der Waals surface area contributed by atoms with Crippen LogP contribution in [-0.4, -0.2) is 12.7 Å². The third-order valence-electron chi connectivity index (χ3n) is 4.06. The molecule has 0 saturated carbocycles. The van der Waals surface area contributed by atoms with Crippen LogP contribution >= 0.6 is 11.8 Å². The van der Waals surface area contributed by atoms with Crippen LogP contribution in [0.2, 0.25) is 0 Å². The average molecular weight is 298 g/mol. The predicted octanol–water partition coefficient (Wildman–Crippen LogP) is 3.84. The van der Waals surface area contributed by atoms with Crippen LogP contribution in [-0.2, 0) is 0 Å². The number of anilines is 1. The number of hydrogen-bond donors (Lipinski definition) is 0. The van der Waals surface area contributed by atoms with Crippen molar-refractivity contribution in [1.82, 2.24) is 0 Å². The second-order valence-electron chi connectivity index (χ2n) is 5.11. The van der Waals surface area contributed by atoms with E-state index in [1.54, 1.807) is 6.07 Å². The Labute approximate surface area is 124 Å². The van der Waals surface area contributed by atoms with Crippen LogP contribution in [0, 0.1) is 0 Å². The van der Waals surface area contributed by atoms with Crippen molar-refractivity contribution in [2.45, 2.75) is 0 Å². The SMILES string of the molecule is O=C1c2cc3c(c4c2c(cc2ccccc24)N1Cl)OCO3. The van der Waals surface area contributed by atoms with Gasteiger partial charge in [-0.1, -0.05) is 24.3 Å². The van der Waals surface area contributed by atoms with Gasteiger partial charge in [-0.05, 0) is 22.9 Å². The molecule has 0 aliphatic carbocycles. The maximum atomic E-state index is 12.4. The van der Waals surface area contributed by atoms with E-state index >= 15 is 0 Å². The van der Waals surface area contributed by atoms with Gasteiger partial charge >= 0.3 is 0 Å². The Morgan fingerprint density at radius 3 is 2.86 bits per heavy atom. The number of benzene rings is 3. The predicted molar refractivity (Wildman–Crippen MR) is 80.2 cm³/mol. The highest BCUT2D eigenvalue weighted by atomic mass is 35.5. The first kappa shape index (κ1) is 11.2. The molecule has 0 bridgehead atoms. The molecule has 5 heteroatoms. The number of carbonyl (C=O) groups is 1. The molecule has 2 aliphatic rings. The molecule has 2 heterocycles. The van der Waals surface area contributed by atoms with Gasteiger partial charge in [-0.25, -0.2) is 4.42 Å². The number of fused-ring (bicyclic) bond motifs is 4. The average Bonchev–Trinajstić information content (AvgIpc) is 3.07. The Hall–Kier alpha value is -2.46. The van der Waals surface area contributed by atoms with Crippen molar-refractivity contribution < 1.29 is 14.3 Å². The number of hydrogen-bond acceptors (Lipinski definition) is 3. The number of nitrogens with zero attached hydrogens (tertiary/aromatic N) is 1. The first-order valence-corrected chi connectivity index (χ1v) is 6.88. The molecule has 0 radical (unpaired) electrons. The minimum absolute atomic E-state index is 0.172. The summed E-state index contributed by atoms with van der Waals surface area (Å²) in [7, 11) is 0. The molecule has 4 nitrogen and oxygen atoms in total. The van der Waals surface area contributed by atoms with Crippen LogP contribution in [0.5, 0.6) is 11.5 Å². The summed E-state index contributed by atoms with van der Waals surface area (Å²) in [6.07, 6.45) is 0. The van der Waals surface area contributed by atoms with Gasteiger partial charge in [-0.15, -0.1) is 0 Å². The van der Waals surface area contributed by atoms with E-state index in [4.69, 9.17) is 21.3 Å². The van der Waals surface area contributed by atoms with Crippen molar-refractivity contribution in [3.05, 3.63) is 42.0 Å². The van der Waals surface area contributed by atoms with Gasteiger partial charge in [0.1, 0.15) is 0 Å². The van der Waals surface area contributed by atoms with Crippen LogP contribution in [0.15, 0.2) is 36.4 Å². The zero-order valence-corrected chi connectivity index (χ0v) is 11.5. The number of halogens is 1. The lowest BCUT2D eigenvalue weighted by Gasteiger charge is -2.10. The molecule has 0 aromatic heterocycles. The zero-order valence-electron chi connectivity index (χ0n) is 10.7. The molecular weight excluding hydrogens is 290 g/mol. The maximum Gasteiger partial charge on any atom is 0.273 e. The molecule has 1 amide bonds. The number of amides is 1.